The number of benzene rings is 2. The molecule has 0 bridgehead atoms. The molecular formula is C31H28F2O10. The summed E-state index contributed by atoms with van der Waals surface area (Å²) < 4.78 is 59.6. The van der Waals surface area contributed by atoms with Crippen molar-refractivity contribution in [2.45, 2.75) is 27.2 Å². The van der Waals surface area contributed by atoms with Crippen molar-refractivity contribution in [3.05, 3.63) is 101 Å². The SMILES string of the molecule is C=C(C)C(=O)OCOC1=CCC(C(=O)Oc2ccc(OC(=O)c3ccc(OCOC(=O)C(=C)C)cc3F)cc2C)C(F)=C1. The van der Waals surface area contributed by atoms with Crippen molar-refractivity contribution in [2.75, 3.05) is 13.6 Å². The fraction of sp³-hybridized carbons (Fsp3) is 0.226. The molecule has 0 aromatic heterocycles. The molecule has 0 heterocycles. The molecule has 2 aromatic rings. The molecule has 1 aliphatic rings. The maximum Gasteiger partial charge on any atom is 0.346 e. The Bertz CT molecular complexity index is 1520. The predicted molar refractivity (Wildman–Crippen MR) is 147 cm³/mol. The second kappa shape index (κ2) is 14.6. The van der Waals surface area contributed by atoms with Crippen LogP contribution in [0, 0.1) is 18.7 Å². The molecule has 0 saturated carbocycles. The summed E-state index contributed by atoms with van der Waals surface area (Å²) in [6, 6.07) is 7.42. The number of hydrogen-bond donors (Lipinski definition) is 0. The van der Waals surface area contributed by atoms with Gasteiger partial charge in [-0.05, 0) is 69.2 Å². The molecule has 0 N–H and O–H groups in total. The summed E-state index contributed by atoms with van der Waals surface area (Å²) >= 11 is 0. The summed E-state index contributed by atoms with van der Waals surface area (Å²) in [6.07, 6.45) is 2.39. The first kappa shape index (κ1) is 32.3. The van der Waals surface area contributed by atoms with Crippen LogP contribution in [0.2, 0.25) is 0 Å². The van der Waals surface area contributed by atoms with Gasteiger partial charge in [-0.15, -0.1) is 0 Å². The van der Waals surface area contributed by atoms with Crippen molar-refractivity contribution in [3.8, 4) is 17.2 Å². The molecule has 0 spiro atoms. The molecule has 2 aromatic carbocycles. The lowest BCUT2D eigenvalue weighted by molar-refractivity contribution is -0.148. The van der Waals surface area contributed by atoms with Gasteiger partial charge in [0.25, 0.3) is 0 Å². The van der Waals surface area contributed by atoms with Gasteiger partial charge in [-0.25, -0.2) is 23.2 Å². The highest BCUT2D eigenvalue weighted by Crippen LogP contribution is 2.30. The highest BCUT2D eigenvalue weighted by Gasteiger charge is 2.29. The molecule has 0 aliphatic heterocycles. The molecule has 12 heteroatoms. The molecule has 3 rings (SSSR count). The summed E-state index contributed by atoms with van der Waals surface area (Å²) in [5.74, 6) is -5.95. The normalized spacial score (nSPS) is 13.9. The average molecular weight is 599 g/mol. The van der Waals surface area contributed by atoms with Crippen molar-refractivity contribution < 1.29 is 56.4 Å². The van der Waals surface area contributed by atoms with Crippen molar-refractivity contribution in [1.82, 2.24) is 0 Å². The summed E-state index contributed by atoms with van der Waals surface area (Å²) in [6.45, 7) is 10.4. The van der Waals surface area contributed by atoms with Gasteiger partial charge in [-0.3, -0.25) is 4.79 Å². The van der Waals surface area contributed by atoms with Crippen LogP contribution in [0.25, 0.3) is 0 Å². The number of halogens is 2. The fourth-order valence-electron chi connectivity index (χ4n) is 3.39. The number of rotatable bonds is 12. The van der Waals surface area contributed by atoms with Gasteiger partial charge < -0.3 is 28.4 Å². The van der Waals surface area contributed by atoms with Gasteiger partial charge in [-0.2, -0.15) is 0 Å². The zero-order chi connectivity index (χ0) is 31.7. The van der Waals surface area contributed by atoms with Crippen LogP contribution in [0.5, 0.6) is 17.2 Å². The lowest BCUT2D eigenvalue weighted by atomic mass is 9.99. The van der Waals surface area contributed by atoms with Crippen LogP contribution in [-0.2, 0) is 28.6 Å². The Morgan fingerprint density at radius 3 is 2.07 bits per heavy atom. The number of carbonyl (C=O) groups excluding carboxylic acids is 4. The second-order valence-electron chi connectivity index (χ2n) is 9.25. The van der Waals surface area contributed by atoms with Gasteiger partial charge >= 0.3 is 23.9 Å². The molecule has 0 amide bonds. The zero-order valence-corrected chi connectivity index (χ0v) is 23.6. The largest absolute Gasteiger partial charge is 0.458 e. The van der Waals surface area contributed by atoms with E-state index in [1.165, 1.54) is 44.2 Å². The number of carbonyl (C=O) groups is 4. The maximum atomic E-state index is 14.6. The van der Waals surface area contributed by atoms with Crippen molar-refractivity contribution in [2.24, 2.45) is 5.92 Å². The first-order valence-corrected chi connectivity index (χ1v) is 12.7. The molecule has 226 valence electrons. The minimum absolute atomic E-state index is 0.0122. The maximum absolute atomic E-state index is 14.6. The van der Waals surface area contributed by atoms with Crippen LogP contribution >= 0.6 is 0 Å². The molecule has 1 unspecified atom stereocenters. The Morgan fingerprint density at radius 2 is 1.49 bits per heavy atom. The minimum Gasteiger partial charge on any atom is -0.458 e. The molecule has 0 radical (unpaired) electrons. The Morgan fingerprint density at radius 1 is 0.860 bits per heavy atom. The monoisotopic (exact) mass is 598 g/mol. The van der Waals surface area contributed by atoms with Crippen molar-refractivity contribution >= 4 is 23.9 Å². The van der Waals surface area contributed by atoms with Crippen LogP contribution in [-0.4, -0.2) is 37.5 Å². The molecule has 0 fully saturated rings. The summed E-state index contributed by atoms with van der Waals surface area (Å²) in [4.78, 5) is 47.9. The van der Waals surface area contributed by atoms with Gasteiger partial charge in [0.15, 0.2) is 0 Å². The van der Waals surface area contributed by atoms with Crippen LogP contribution in [0.15, 0.2) is 84.4 Å². The minimum atomic E-state index is -1.23. The van der Waals surface area contributed by atoms with E-state index in [0.717, 1.165) is 18.2 Å². The smallest absolute Gasteiger partial charge is 0.346 e. The van der Waals surface area contributed by atoms with Crippen LogP contribution in [0.3, 0.4) is 0 Å². The first-order valence-electron chi connectivity index (χ1n) is 12.7. The topological polar surface area (TPSA) is 124 Å². The molecule has 43 heavy (non-hydrogen) atoms. The highest BCUT2D eigenvalue weighted by molar-refractivity contribution is 5.91. The third kappa shape index (κ3) is 9.12. The van der Waals surface area contributed by atoms with E-state index in [0.29, 0.717) is 5.56 Å². The first-order chi connectivity index (χ1) is 20.3. The molecular weight excluding hydrogens is 570 g/mol. The van der Waals surface area contributed by atoms with Crippen LogP contribution < -0.4 is 14.2 Å². The Labute approximate surface area is 245 Å². The van der Waals surface area contributed by atoms with Crippen molar-refractivity contribution in [1.29, 1.82) is 0 Å². The third-order valence-corrected chi connectivity index (χ3v) is 5.71. The van der Waals surface area contributed by atoms with Gasteiger partial charge in [0, 0.05) is 23.3 Å². The lowest BCUT2D eigenvalue weighted by Gasteiger charge is -2.18. The second-order valence-corrected chi connectivity index (χ2v) is 9.25. The van der Waals surface area contributed by atoms with E-state index in [4.69, 9.17) is 28.4 Å². The number of hydrogen-bond acceptors (Lipinski definition) is 10. The molecule has 1 atom stereocenters. The van der Waals surface area contributed by atoms with Gasteiger partial charge in [-0.1, -0.05) is 13.2 Å². The lowest BCUT2D eigenvalue weighted by Crippen LogP contribution is -2.23. The van der Waals surface area contributed by atoms with Gasteiger partial charge in [0.1, 0.15) is 40.6 Å². The molecule has 10 nitrogen and oxygen atoms in total. The number of esters is 4. The van der Waals surface area contributed by atoms with Crippen LogP contribution in [0.1, 0.15) is 36.2 Å². The van der Waals surface area contributed by atoms with E-state index >= 15 is 0 Å². The molecule has 0 saturated heterocycles. The van der Waals surface area contributed by atoms with E-state index in [2.05, 4.69) is 13.2 Å². The van der Waals surface area contributed by atoms with E-state index in [1.54, 1.807) is 6.92 Å². The Hall–Kier alpha value is -5.26. The van der Waals surface area contributed by atoms with Crippen LogP contribution in [0.4, 0.5) is 8.78 Å². The standard InChI is InChI=1S/C31H28F2O10/c1-17(2)28(34)40-15-38-20-6-9-23(25(32)13-20)30(36)42-22-8-11-27(19(5)12-22)43-31(37)24-10-7-21(14-26(24)33)39-16-41-29(35)18(3)4/h6-9,11-14,24H,1,3,10,15-16H2,2,4-5H3. The van der Waals surface area contributed by atoms with E-state index in [9.17, 15) is 28.0 Å². The quantitative estimate of drug-likeness (QED) is 0.133. The zero-order valence-electron chi connectivity index (χ0n) is 23.6. The highest BCUT2D eigenvalue weighted by atomic mass is 19.1. The number of aryl methyl sites for hydroxylation is 1. The van der Waals surface area contributed by atoms with Gasteiger partial charge in [0.2, 0.25) is 13.6 Å². The summed E-state index contributed by atoms with van der Waals surface area (Å²) in [5, 5.41) is 0. The number of ether oxygens (including phenoxy) is 6. The van der Waals surface area contributed by atoms with Gasteiger partial charge in [0.05, 0.1) is 5.56 Å². The average Bonchev–Trinajstić information content (AvgIpc) is 2.94. The Balaban J connectivity index is 1.54. The van der Waals surface area contributed by atoms with E-state index in [-0.39, 0.29) is 46.1 Å². The molecule has 1 aliphatic carbocycles. The predicted octanol–water partition coefficient (Wildman–Crippen LogP) is 5.56. The third-order valence-electron chi connectivity index (χ3n) is 5.71. The summed E-state index contributed by atoms with van der Waals surface area (Å²) in [7, 11) is 0. The van der Waals surface area contributed by atoms with E-state index in [1.807, 2.05) is 0 Å². The summed E-state index contributed by atoms with van der Waals surface area (Å²) in [5.41, 5.74) is 0.347. The fourth-order valence-corrected chi connectivity index (χ4v) is 3.39. The van der Waals surface area contributed by atoms with E-state index < -0.39 is 55.0 Å². The number of allylic oxidation sites excluding steroid dienone is 2. The van der Waals surface area contributed by atoms with Crippen molar-refractivity contribution in [3.63, 3.8) is 0 Å². The Kier molecular flexibility index (Phi) is 10.9.